The maximum absolute atomic E-state index is 10.4. The molecule has 0 fully saturated rings. The third-order valence-corrected chi connectivity index (χ3v) is 2.77. The molecule has 1 atom stereocenters. The van der Waals surface area contributed by atoms with Gasteiger partial charge in [-0.3, -0.25) is 4.98 Å². The molecule has 0 amide bonds. The van der Waals surface area contributed by atoms with E-state index in [1.54, 1.807) is 25.6 Å². The first-order valence-corrected chi connectivity index (χ1v) is 6.57. The van der Waals surface area contributed by atoms with Gasteiger partial charge in [0.05, 0.1) is 12.8 Å². The van der Waals surface area contributed by atoms with E-state index in [1.807, 2.05) is 18.2 Å². The Hall–Kier alpha value is -1.88. The minimum atomic E-state index is -2.60. The number of hydrogen-bond donors (Lipinski definition) is 1. The minimum Gasteiger partial charge on any atom is -0.481 e. The van der Waals surface area contributed by atoms with Crippen LogP contribution in [0.1, 0.15) is 5.69 Å². The van der Waals surface area contributed by atoms with E-state index in [0.717, 1.165) is 11.1 Å². The van der Waals surface area contributed by atoms with E-state index in [2.05, 4.69) is 14.5 Å². The molecular weight excluding hydrogens is 267 g/mol. The van der Waals surface area contributed by atoms with Crippen molar-refractivity contribution in [2.24, 2.45) is 0 Å². The van der Waals surface area contributed by atoms with Crippen molar-refractivity contribution in [3.8, 4) is 17.0 Å². The summed E-state index contributed by atoms with van der Waals surface area (Å²) in [6.07, 6.45) is 3.29. The lowest BCUT2D eigenvalue weighted by Gasteiger charge is -2.06. The van der Waals surface area contributed by atoms with Gasteiger partial charge < -0.3 is 4.74 Å². The van der Waals surface area contributed by atoms with Crippen molar-refractivity contribution < 1.29 is 18.7 Å². The summed E-state index contributed by atoms with van der Waals surface area (Å²) >= 11 is 0. The van der Waals surface area contributed by atoms with Crippen molar-refractivity contribution in [2.45, 2.75) is 6.61 Å². The number of pyridine rings is 2. The summed E-state index contributed by atoms with van der Waals surface area (Å²) in [7, 11) is -1.05. The summed E-state index contributed by atoms with van der Waals surface area (Å²) in [6.45, 7) is -0.00381. The molecule has 98 valence electrons. The van der Waals surface area contributed by atoms with Crippen LogP contribution in [0.2, 0.25) is 0 Å². The predicted octanol–water partition coefficient (Wildman–Crippen LogP) is 2.32. The highest BCUT2D eigenvalue weighted by atomic mass is 31.1. The fraction of sp³-hybridized carbons (Fsp3) is 0.167. The number of ether oxygens (including phenoxy) is 1. The Morgan fingerprint density at radius 1 is 1.32 bits per heavy atom. The topological polar surface area (TPSA) is 81.5 Å². The van der Waals surface area contributed by atoms with Crippen molar-refractivity contribution >= 4 is 8.25 Å². The maximum Gasteiger partial charge on any atom is 0.695 e. The van der Waals surface area contributed by atoms with Crippen LogP contribution in [0.4, 0.5) is 0 Å². The highest BCUT2D eigenvalue weighted by Gasteiger charge is 2.13. The van der Waals surface area contributed by atoms with E-state index in [9.17, 15) is 4.57 Å². The van der Waals surface area contributed by atoms with Gasteiger partial charge in [-0.25, -0.2) is 4.98 Å². The average Bonchev–Trinajstić information content (AvgIpc) is 2.45. The zero-order chi connectivity index (χ0) is 13.7. The van der Waals surface area contributed by atoms with Gasteiger partial charge in [-0.2, -0.15) is 0 Å². The maximum atomic E-state index is 10.4. The van der Waals surface area contributed by atoms with Crippen LogP contribution >= 0.6 is 8.25 Å². The number of rotatable bonds is 5. The van der Waals surface area contributed by atoms with Gasteiger partial charge in [-0.15, -0.1) is 9.42 Å². The Kier molecular flexibility index (Phi) is 4.52. The van der Waals surface area contributed by atoms with Crippen molar-refractivity contribution in [1.82, 2.24) is 9.97 Å². The van der Waals surface area contributed by atoms with Crippen molar-refractivity contribution in [1.29, 1.82) is 0 Å². The molecule has 2 aromatic rings. The van der Waals surface area contributed by atoms with Crippen molar-refractivity contribution in [2.75, 3.05) is 7.11 Å². The lowest BCUT2D eigenvalue weighted by molar-refractivity contribution is 0.269. The Morgan fingerprint density at radius 3 is 2.79 bits per heavy atom. The lowest BCUT2D eigenvalue weighted by Crippen LogP contribution is -1.93. The zero-order valence-electron chi connectivity index (χ0n) is 10.2. The molecule has 2 heterocycles. The van der Waals surface area contributed by atoms with Crippen LogP contribution in [0.5, 0.6) is 5.88 Å². The summed E-state index contributed by atoms with van der Waals surface area (Å²) in [4.78, 5) is 16.8. The second-order valence-corrected chi connectivity index (χ2v) is 4.34. The molecule has 0 aliphatic heterocycles. The van der Waals surface area contributed by atoms with Crippen LogP contribution in [0.3, 0.4) is 0 Å². The largest absolute Gasteiger partial charge is 0.695 e. The van der Waals surface area contributed by atoms with Crippen LogP contribution in [-0.4, -0.2) is 22.0 Å². The molecule has 2 rings (SSSR count). The van der Waals surface area contributed by atoms with E-state index < -0.39 is 8.25 Å². The van der Waals surface area contributed by atoms with Crippen LogP contribution in [0, 0.1) is 0 Å². The van der Waals surface area contributed by atoms with Crippen LogP contribution < -0.4 is 4.74 Å². The summed E-state index contributed by atoms with van der Waals surface area (Å²) in [5.41, 5.74) is 2.25. The molecular formula is C12H12N2O4P+. The highest BCUT2D eigenvalue weighted by molar-refractivity contribution is 7.32. The molecule has 7 heteroatoms. The fourth-order valence-corrected chi connectivity index (χ4v) is 1.81. The van der Waals surface area contributed by atoms with Gasteiger partial charge >= 0.3 is 8.25 Å². The van der Waals surface area contributed by atoms with Gasteiger partial charge in [-0.05, 0) is 18.2 Å². The van der Waals surface area contributed by atoms with Crippen LogP contribution in [0.15, 0.2) is 36.7 Å². The predicted molar refractivity (Wildman–Crippen MR) is 68.6 cm³/mol. The Morgan fingerprint density at radius 2 is 2.16 bits per heavy atom. The first-order valence-electron chi connectivity index (χ1n) is 5.44. The summed E-state index contributed by atoms with van der Waals surface area (Å²) in [6, 6.07) is 7.24. The monoisotopic (exact) mass is 279 g/mol. The molecule has 0 spiro atoms. The van der Waals surface area contributed by atoms with Crippen molar-refractivity contribution in [3.05, 3.63) is 42.4 Å². The van der Waals surface area contributed by atoms with Gasteiger partial charge in [0.15, 0.2) is 0 Å². The molecule has 2 aromatic heterocycles. The summed E-state index contributed by atoms with van der Waals surface area (Å²) in [5.74, 6) is 0.520. The molecule has 0 saturated carbocycles. The normalized spacial score (nSPS) is 11.2. The molecule has 19 heavy (non-hydrogen) atoms. The van der Waals surface area contributed by atoms with Crippen LogP contribution in [0.25, 0.3) is 11.1 Å². The molecule has 0 aliphatic carbocycles. The fourth-order valence-electron chi connectivity index (χ4n) is 1.56. The Labute approximate surface area is 111 Å². The average molecular weight is 279 g/mol. The summed E-state index contributed by atoms with van der Waals surface area (Å²) < 4.78 is 20.2. The van der Waals surface area contributed by atoms with E-state index in [4.69, 9.17) is 9.63 Å². The molecule has 6 nitrogen and oxygen atoms in total. The SMILES string of the molecule is COc1ncccc1-c1ccc(CO[P+](=O)O)nc1. The Balaban J connectivity index is 2.20. The standard InChI is InChI=1S/C12H11N2O4P/c1-17-12-11(3-2-6-13-12)9-4-5-10(14-7-9)8-18-19(15)16/h2-7H,8H2,1H3/p+1. The quantitative estimate of drug-likeness (QED) is 0.846. The van der Waals surface area contributed by atoms with Crippen LogP contribution in [-0.2, 0) is 15.7 Å². The lowest BCUT2D eigenvalue weighted by atomic mass is 10.1. The molecule has 0 aliphatic rings. The smallest absolute Gasteiger partial charge is 0.481 e. The van der Waals surface area contributed by atoms with Gasteiger partial charge in [-0.1, -0.05) is 6.07 Å². The Bertz CT molecular complexity index is 574. The molecule has 1 N–H and O–H groups in total. The molecule has 0 bridgehead atoms. The number of nitrogens with zero attached hydrogens (tertiary/aromatic N) is 2. The number of methoxy groups -OCH3 is 1. The summed E-state index contributed by atoms with van der Waals surface area (Å²) in [5, 5.41) is 0. The first-order chi connectivity index (χ1) is 9.20. The molecule has 0 radical (unpaired) electrons. The van der Waals surface area contributed by atoms with E-state index in [1.165, 1.54) is 0 Å². The second kappa shape index (κ2) is 6.33. The van der Waals surface area contributed by atoms with Crippen molar-refractivity contribution in [3.63, 3.8) is 0 Å². The van der Waals surface area contributed by atoms with E-state index in [-0.39, 0.29) is 6.61 Å². The molecule has 0 saturated heterocycles. The highest BCUT2D eigenvalue weighted by Crippen LogP contribution is 2.27. The van der Waals surface area contributed by atoms with Gasteiger partial charge in [0.25, 0.3) is 0 Å². The van der Waals surface area contributed by atoms with Gasteiger partial charge in [0.1, 0.15) is 6.61 Å². The third-order valence-electron chi connectivity index (χ3n) is 2.42. The number of aromatic nitrogens is 2. The minimum absolute atomic E-state index is 0.00381. The third kappa shape index (κ3) is 3.54. The second-order valence-electron chi connectivity index (χ2n) is 3.61. The molecule has 0 aromatic carbocycles. The van der Waals surface area contributed by atoms with E-state index >= 15 is 0 Å². The number of hydrogen-bond acceptors (Lipinski definition) is 5. The van der Waals surface area contributed by atoms with Gasteiger partial charge in [0.2, 0.25) is 5.88 Å². The van der Waals surface area contributed by atoms with Gasteiger partial charge in [0, 0.05) is 28.1 Å². The first kappa shape index (κ1) is 13.5. The zero-order valence-corrected chi connectivity index (χ0v) is 11.1. The van der Waals surface area contributed by atoms with E-state index in [0.29, 0.717) is 11.6 Å². The molecule has 1 unspecified atom stereocenters.